The molecule has 3 aromatic rings. The fraction of sp³-hybridized carbons (Fsp3) is 0.227. The second-order valence-electron chi connectivity index (χ2n) is 6.81. The van der Waals surface area contributed by atoms with Crippen LogP contribution in [0.2, 0.25) is 0 Å². The molecular formula is C22H23N3O2S. The monoisotopic (exact) mass is 393 g/mol. The number of nitrogens with one attached hydrogen (secondary N) is 1. The lowest BCUT2D eigenvalue weighted by molar-refractivity contribution is -0.115. The van der Waals surface area contributed by atoms with Gasteiger partial charge in [-0.1, -0.05) is 35.5 Å². The summed E-state index contributed by atoms with van der Waals surface area (Å²) < 4.78 is 1.36. The molecule has 2 aromatic carbocycles. The smallest absolute Gasteiger partial charge is 0.271 e. The molecule has 0 aliphatic carbocycles. The van der Waals surface area contributed by atoms with Gasteiger partial charge < -0.3 is 5.32 Å². The molecule has 5 nitrogen and oxygen atoms in total. The van der Waals surface area contributed by atoms with Gasteiger partial charge in [-0.3, -0.25) is 9.59 Å². The third-order valence-corrected chi connectivity index (χ3v) is 5.52. The van der Waals surface area contributed by atoms with Gasteiger partial charge >= 0.3 is 0 Å². The van der Waals surface area contributed by atoms with Crippen LogP contribution in [0.1, 0.15) is 23.6 Å². The van der Waals surface area contributed by atoms with E-state index < -0.39 is 0 Å². The number of carbonyl (C=O) groups excluding carboxylic acids is 1. The SMILES string of the molecule is Cc1ccc(-n2nc(S[C@@H](C)C(=O)Nc3ccc(C)c(C)c3)ccc2=O)cc1. The second-order valence-corrected chi connectivity index (χ2v) is 8.17. The van der Waals surface area contributed by atoms with Crippen LogP contribution in [0.15, 0.2) is 64.4 Å². The minimum Gasteiger partial charge on any atom is -0.325 e. The zero-order valence-electron chi connectivity index (χ0n) is 16.4. The van der Waals surface area contributed by atoms with E-state index in [0.717, 1.165) is 16.8 Å². The van der Waals surface area contributed by atoms with Crippen molar-refractivity contribution in [1.82, 2.24) is 9.78 Å². The van der Waals surface area contributed by atoms with Gasteiger partial charge in [0.05, 0.1) is 10.9 Å². The van der Waals surface area contributed by atoms with E-state index in [0.29, 0.717) is 10.7 Å². The fourth-order valence-corrected chi connectivity index (χ4v) is 3.43. The predicted molar refractivity (Wildman–Crippen MR) is 114 cm³/mol. The van der Waals surface area contributed by atoms with Crippen molar-refractivity contribution in [2.45, 2.75) is 38.0 Å². The Hall–Kier alpha value is -2.86. The van der Waals surface area contributed by atoms with Crippen molar-refractivity contribution in [3.63, 3.8) is 0 Å². The number of aromatic nitrogens is 2. The molecule has 0 bridgehead atoms. The third-order valence-electron chi connectivity index (χ3n) is 4.50. The van der Waals surface area contributed by atoms with Crippen molar-refractivity contribution in [3.05, 3.63) is 81.6 Å². The van der Waals surface area contributed by atoms with E-state index in [-0.39, 0.29) is 16.7 Å². The summed E-state index contributed by atoms with van der Waals surface area (Å²) in [5, 5.41) is 7.60. The van der Waals surface area contributed by atoms with Crippen LogP contribution in [0.25, 0.3) is 5.69 Å². The van der Waals surface area contributed by atoms with Crippen LogP contribution in [0, 0.1) is 20.8 Å². The molecule has 0 saturated carbocycles. The van der Waals surface area contributed by atoms with Gasteiger partial charge in [0.2, 0.25) is 5.91 Å². The number of aryl methyl sites for hydroxylation is 3. The summed E-state index contributed by atoms with van der Waals surface area (Å²) in [5.74, 6) is -0.108. The van der Waals surface area contributed by atoms with Gasteiger partial charge in [-0.15, -0.1) is 0 Å². The molecule has 1 atom stereocenters. The first-order valence-corrected chi connectivity index (χ1v) is 9.93. The highest BCUT2D eigenvalue weighted by molar-refractivity contribution is 8.00. The maximum absolute atomic E-state index is 12.5. The van der Waals surface area contributed by atoms with Crippen molar-refractivity contribution in [2.75, 3.05) is 5.32 Å². The van der Waals surface area contributed by atoms with Crippen LogP contribution in [0.3, 0.4) is 0 Å². The van der Waals surface area contributed by atoms with E-state index in [1.54, 1.807) is 6.07 Å². The molecule has 1 heterocycles. The van der Waals surface area contributed by atoms with Gasteiger partial charge in [-0.2, -0.15) is 9.78 Å². The van der Waals surface area contributed by atoms with E-state index in [9.17, 15) is 9.59 Å². The Balaban J connectivity index is 1.74. The molecule has 144 valence electrons. The number of carbonyl (C=O) groups is 1. The molecule has 1 amide bonds. The number of hydrogen-bond donors (Lipinski definition) is 1. The van der Waals surface area contributed by atoms with Gasteiger partial charge in [-0.25, -0.2) is 0 Å². The molecule has 1 N–H and O–H groups in total. The van der Waals surface area contributed by atoms with E-state index >= 15 is 0 Å². The highest BCUT2D eigenvalue weighted by atomic mass is 32.2. The number of benzene rings is 2. The summed E-state index contributed by atoms with van der Waals surface area (Å²) in [6.07, 6.45) is 0. The van der Waals surface area contributed by atoms with Crippen LogP contribution in [-0.4, -0.2) is 20.9 Å². The molecule has 0 saturated heterocycles. The Bertz CT molecular complexity index is 1060. The molecule has 0 aliphatic heterocycles. The van der Waals surface area contributed by atoms with Gasteiger partial charge in [0.15, 0.2) is 0 Å². The van der Waals surface area contributed by atoms with Crippen LogP contribution < -0.4 is 10.9 Å². The quantitative estimate of drug-likeness (QED) is 0.657. The van der Waals surface area contributed by atoms with Crippen LogP contribution in [-0.2, 0) is 4.79 Å². The average molecular weight is 394 g/mol. The minimum absolute atomic E-state index is 0.108. The number of thioether (sulfide) groups is 1. The molecule has 28 heavy (non-hydrogen) atoms. The Morgan fingerprint density at radius 2 is 1.71 bits per heavy atom. The van der Waals surface area contributed by atoms with Gasteiger partial charge in [0.1, 0.15) is 5.03 Å². The van der Waals surface area contributed by atoms with E-state index in [1.807, 2.05) is 70.2 Å². The predicted octanol–water partition coefficient (Wildman–Crippen LogP) is 4.28. The second kappa shape index (κ2) is 8.44. The maximum Gasteiger partial charge on any atom is 0.271 e. The number of rotatable bonds is 5. The molecule has 6 heteroatoms. The number of hydrogen-bond acceptors (Lipinski definition) is 4. The van der Waals surface area contributed by atoms with Gasteiger partial charge in [-0.05, 0) is 69.2 Å². The largest absolute Gasteiger partial charge is 0.325 e. The minimum atomic E-state index is -0.363. The first-order chi connectivity index (χ1) is 13.3. The number of anilines is 1. The van der Waals surface area contributed by atoms with Gasteiger partial charge in [0.25, 0.3) is 5.56 Å². The van der Waals surface area contributed by atoms with Crippen molar-refractivity contribution >= 4 is 23.4 Å². The summed E-state index contributed by atoms with van der Waals surface area (Å²) in [6.45, 7) is 7.86. The highest BCUT2D eigenvalue weighted by Gasteiger charge is 2.16. The van der Waals surface area contributed by atoms with Crippen molar-refractivity contribution < 1.29 is 4.79 Å². The summed E-state index contributed by atoms with van der Waals surface area (Å²) in [7, 11) is 0. The fourth-order valence-electron chi connectivity index (χ4n) is 2.63. The lowest BCUT2D eigenvalue weighted by Gasteiger charge is -2.13. The van der Waals surface area contributed by atoms with Crippen LogP contribution in [0.4, 0.5) is 5.69 Å². The van der Waals surface area contributed by atoms with Crippen molar-refractivity contribution in [2.24, 2.45) is 0 Å². The topological polar surface area (TPSA) is 64.0 Å². The molecule has 3 rings (SSSR count). The zero-order valence-corrected chi connectivity index (χ0v) is 17.2. The normalized spacial score (nSPS) is 11.9. The first kappa shape index (κ1) is 19.9. The molecule has 0 radical (unpaired) electrons. The first-order valence-electron chi connectivity index (χ1n) is 9.06. The Morgan fingerprint density at radius 3 is 2.39 bits per heavy atom. The zero-order chi connectivity index (χ0) is 20.3. The number of amides is 1. The summed E-state index contributed by atoms with van der Waals surface area (Å²) >= 11 is 1.32. The Kier molecular flexibility index (Phi) is 5.99. The molecule has 0 fully saturated rings. The lowest BCUT2D eigenvalue weighted by atomic mass is 10.1. The van der Waals surface area contributed by atoms with Crippen LogP contribution >= 0.6 is 11.8 Å². The standard InChI is InChI=1S/C22H23N3O2S/c1-14-5-9-19(10-6-14)25-21(26)12-11-20(24-25)28-17(4)22(27)23-18-8-7-15(2)16(3)13-18/h5-13,17H,1-4H3,(H,23,27)/t17-/m0/s1. The molecule has 0 aliphatic rings. The Labute approximate surface area is 168 Å². The van der Waals surface area contributed by atoms with Crippen LogP contribution in [0.5, 0.6) is 0 Å². The molecule has 0 unspecified atom stereocenters. The summed E-state index contributed by atoms with van der Waals surface area (Å²) in [5.41, 5.74) is 4.69. The van der Waals surface area contributed by atoms with Crippen molar-refractivity contribution in [1.29, 1.82) is 0 Å². The summed E-state index contributed by atoms with van der Waals surface area (Å²) in [6, 6.07) is 16.5. The van der Waals surface area contributed by atoms with E-state index in [4.69, 9.17) is 0 Å². The van der Waals surface area contributed by atoms with Gasteiger partial charge in [0, 0.05) is 11.8 Å². The van der Waals surface area contributed by atoms with Crippen molar-refractivity contribution in [3.8, 4) is 5.69 Å². The maximum atomic E-state index is 12.5. The molecular weight excluding hydrogens is 370 g/mol. The lowest BCUT2D eigenvalue weighted by Crippen LogP contribution is -2.24. The molecule has 0 spiro atoms. The Morgan fingerprint density at radius 1 is 1.00 bits per heavy atom. The van der Waals surface area contributed by atoms with E-state index in [2.05, 4.69) is 10.4 Å². The summed E-state index contributed by atoms with van der Waals surface area (Å²) in [4.78, 5) is 24.7. The highest BCUT2D eigenvalue weighted by Crippen LogP contribution is 2.22. The average Bonchev–Trinajstić information content (AvgIpc) is 2.67. The molecule has 1 aromatic heterocycles. The van der Waals surface area contributed by atoms with E-state index in [1.165, 1.54) is 28.1 Å². The third kappa shape index (κ3) is 4.70. The number of nitrogens with zero attached hydrogens (tertiary/aromatic N) is 2.